The van der Waals surface area contributed by atoms with Gasteiger partial charge < -0.3 is 5.11 Å². The summed E-state index contributed by atoms with van der Waals surface area (Å²) in [6.45, 7) is 1.95. The molecule has 0 amide bonds. The van der Waals surface area contributed by atoms with Crippen LogP contribution in [0, 0.1) is 0 Å². The fourth-order valence-electron chi connectivity index (χ4n) is 1.44. The molecule has 84 valence electrons. The molecule has 0 bridgehead atoms. The van der Waals surface area contributed by atoms with Crippen LogP contribution in [-0.4, -0.2) is 11.3 Å². The Balaban J connectivity index is 2.90. The molecule has 0 atom stereocenters. The van der Waals surface area contributed by atoms with Gasteiger partial charge in [-0.05, 0) is 18.1 Å². The average Bonchev–Trinajstić information content (AvgIpc) is 2.09. The number of rotatable bonds is 3. The normalized spacial score (nSPS) is 11.7. The minimum Gasteiger partial charge on any atom is -0.508 e. The molecule has 4 heteroatoms. The molecule has 0 aliphatic heterocycles. The Morgan fingerprint density at radius 1 is 1.27 bits per heavy atom. The third-order valence-electron chi connectivity index (χ3n) is 2.07. The maximum absolute atomic E-state index is 12.1. The summed E-state index contributed by atoms with van der Waals surface area (Å²) in [5, 5.41) is 9.27. The van der Waals surface area contributed by atoms with Crippen LogP contribution < -0.4 is 0 Å². The third-order valence-corrected chi connectivity index (χ3v) is 2.07. The molecule has 1 N–H and O–H groups in total. The Labute approximate surface area is 86.5 Å². The second-order valence-electron chi connectivity index (χ2n) is 3.51. The van der Waals surface area contributed by atoms with Crippen LogP contribution >= 0.6 is 0 Å². The van der Waals surface area contributed by atoms with Crippen molar-refractivity contribution in [3.8, 4) is 5.75 Å². The molecule has 1 rings (SSSR count). The molecule has 0 aromatic heterocycles. The van der Waals surface area contributed by atoms with E-state index in [1.807, 2.05) is 6.92 Å². The van der Waals surface area contributed by atoms with E-state index in [0.717, 1.165) is 18.4 Å². The molecule has 0 heterocycles. The van der Waals surface area contributed by atoms with E-state index >= 15 is 0 Å². The van der Waals surface area contributed by atoms with Gasteiger partial charge >= 0.3 is 6.18 Å². The fraction of sp³-hybridized carbons (Fsp3) is 0.455. The van der Waals surface area contributed by atoms with Crippen LogP contribution in [-0.2, 0) is 12.8 Å². The zero-order valence-corrected chi connectivity index (χ0v) is 8.43. The third kappa shape index (κ3) is 3.81. The molecule has 1 aromatic carbocycles. The summed E-state index contributed by atoms with van der Waals surface area (Å²) in [4.78, 5) is 0. The average molecular weight is 218 g/mol. The maximum atomic E-state index is 12.1. The lowest BCUT2D eigenvalue weighted by molar-refractivity contribution is -0.127. The van der Waals surface area contributed by atoms with Crippen LogP contribution in [0.15, 0.2) is 18.2 Å². The van der Waals surface area contributed by atoms with Crippen LogP contribution in [0.1, 0.15) is 24.5 Å². The van der Waals surface area contributed by atoms with Gasteiger partial charge in [0.05, 0.1) is 6.42 Å². The highest BCUT2D eigenvalue weighted by atomic mass is 19.4. The second kappa shape index (κ2) is 4.55. The summed E-state index contributed by atoms with van der Waals surface area (Å²) in [5.41, 5.74) is 0.781. The molecule has 0 radical (unpaired) electrons. The van der Waals surface area contributed by atoms with Gasteiger partial charge in [0.15, 0.2) is 0 Å². The molecule has 0 aliphatic rings. The molecule has 0 aliphatic carbocycles. The van der Waals surface area contributed by atoms with Crippen molar-refractivity contribution in [1.82, 2.24) is 0 Å². The fourth-order valence-corrected chi connectivity index (χ4v) is 1.44. The van der Waals surface area contributed by atoms with Gasteiger partial charge in [-0.25, -0.2) is 0 Å². The number of hydrogen-bond donors (Lipinski definition) is 1. The lowest BCUT2D eigenvalue weighted by Gasteiger charge is -2.09. The first-order valence-corrected chi connectivity index (χ1v) is 4.80. The Hall–Kier alpha value is -1.19. The minimum atomic E-state index is -4.28. The number of phenolic OH excluding ortho intramolecular Hbond substituents is 1. The van der Waals surface area contributed by atoms with Gasteiger partial charge in [0.25, 0.3) is 0 Å². The number of aryl methyl sites for hydroxylation is 1. The van der Waals surface area contributed by atoms with E-state index in [4.69, 9.17) is 0 Å². The van der Waals surface area contributed by atoms with Gasteiger partial charge in [0.1, 0.15) is 5.75 Å². The van der Waals surface area contributed by atoms with Crippen LogP contribution in [0.3, 0.4) is 0 Å². The quantitative estimate of drug-likeness (QED) is 0.823. The molecule has 0 saturated heterocycles. The SMILES string of the molecule is CCCc1ccc(O)c(CC(F)(F)F)c1. The molecule has 1 nitrogen and oxygen atoms in total. The van der Waals surface area contributed by atoms with E-state index in [0.29, 0.717) is 0 Å². The van der Waals surface area contributed by atoms with Crippen molar-refractivity contribution >= 4 is 0 Å². The zero-order valence-electron chi connectivity index (χ0n) is 8.43. The van der Waals surface area contributed by atoms with Crippen molar-refractivity contribution < 1.29 is 18.3 Å². The zero-order chi connectivity index (χ0) is 11.5. The molecule has 0 fully saturated rings. The smallest absolute Gasteiger partial charge is 0.393 e. The van der Waals surface area contributed by atoms with Crippen molar-refractivity contribution in [2.45, 2.75) is 32.4 Å². The van der Waals surface area contributed by atoms with Crippen LogP contribution in [0.4, 0.5) is 13.2 Å². The highest BCUT2D eigenvalue weighted by Crippen LogP contribution is 2.27. The number of hydrogen-bond acceptors (Lipinski definition) is 1. The lowest BCUT2D eigenvalue weighted by atomic mass is 10.0. The summed E-state index contributed by atoms with van der Waals surface area (Å²) in [6.07, 6.45) is -3.75. The van der Waals surface area contributed by atoms with Gasteiger partial charge in [0.2, 0.25) is 0 Å². The Morgan fingerprint density at radius 3 is 2.47 bits per heavy atom. The Kier molecular flexibility index (Phi) is 3.61. The number of halogens is 3. The predicted octanol–water partition coefficient (Wildman–Crippen LogP) is 3.45. The first-order chi connectivity index (χ1) is 6.92. The highest BCUT2D eigenvalue weighted by Gasteiger charge is 2.29. The summed E-state index contributed by atoms with van der Waals surface area (Å²) in [6, 6.07) is 4.40. The van der Waals surface area contributed by atoms with E-state index < -0.39 is 12.6 Å². The van der Waals surface area contributed by atoms with Crippen molar-refractivity contribution in [1.29, 1.82) is 0 Å². The highest BCUT2D eigenvalue weighted by molar-refractivity contribution is 5.36. The van der Waals surface area contributed by atoms with Crippen molar-refractivity contribution in [2.75, 3.05) is 0 Å². The molecule has 0 spiro atoms. The summed E-state index contributed by atoms with van der Waals surface area (Å²) < 4.78 is 36.4. The number of alkyl halides is 3. The maximum Gasteiger partial charge on any atom is 0.393 e. The minimum absolute atomic E-state index is 0.0477. The van der Waals surface area contributed by atoms with Crippen molar-refractivity contribution in [2.24, 2.45) is 0 Å². The predicted molar refractivity (Wildman–Crippen MR) is 51.9 cm³/mol. The van der Waals surface area contributed by atoms with Gasteiger partial charge in [-0.1, -0.05) is 25.5 Å². The molecular weight excluding hydrogens is 205 g/mol. The van der Waals surface area contributed by atoms with E-state index in [1.54, 1.807) is 6.07 Å². The summed E-state index contributed by atoms with van der Waals surface area (Å²) >= 11 is 0. The van der Waals surface area contributed by atoms with Crippen molar-refractivity contribution in [3.05, 3.63) is 29.3 Å². The number of aromatic hydroxyl groups is 1. The monoisotopic (exact) mass is 218 g/mol. The van der Waals surface area contributed by atoms with Crippen LogP contribution in [0.2, 0.25) is 0 Å². The topological polar surface area (TPSA) is 20.2 Å². The van der Waals surface area contributed by atoms with Gasteiger partial charge in [-0.15, -0.1) is 0 Å². The Morgan fingerprint density at radius 2 is 1.93 bits per heavy atom. The molecule has 0 saturated carbocycles. The second-order valence-corrected chi connectivity index (χ2v) is 3.51. The Bertz CT molecular complexity index is 331. The molecule has 0 unspecified atom stereocenters. The molecular formula is C11H13F3O. The van der Waals surface area contributed by atoms with Crippen LogP contribution in [0.25, 0.3) is 0 Å². The van der Waals surface area contributed by atoms with Crippen molar-refractivity contribution in [3.63, 3.8) is 0 Å². The van der Waals surface area contributed by atoms with E-state index in [1.165, 1.54) is 12.1 Å². The number of benzene rings is 1. The van der Waals surface area contributed by atoms with Gasteiger partial charge in [0, 0.05) is 5.56 Å². The lowest BCUT2D eigenvalue weighted by Crippen LogP contribution is -2.11. The van der Waals surface area contributed by atoms with Gasteiger partial charge in [-0.3, -0.25) is 0 Å². The summed E-state index contributed by atoms with van der Waals surface area (Å²) in [7, 11) is 0. The largest absolute Gasteiger partial charge is 0.508 e. The summed E-state index contributed by atoms with van der Waals surface area (Å²) in [5.74, 6) is -0.285. The first-order valence-electron chi connectivity index (χ1n) is 4.80. The molecule has 1 aromatic rings. The van der Waals surface area contributed by atoms with E-state index in [2.05, 4.69) is 0 Å². The number of phenols is 1. The van der Waals surface area contributed by atoms with E-state index in [9.17, 15) is 18.3 Å². The molecule has 15 heavy (non-hydrogen) atoms. The van der Waals surface area contributed by atoms with E-state index in [-0.39, 0.29) is 11.3 Å². The first kappa shape index (κ1) is 11.9. The van der Waals surface area contributed by atoms with Crippen LogP contribution in [0.5, 0.6) is 5.75 Å². The van der Waals surface area contributed by atoms with Gasteiger partial charge in [-0.2, -0.15) is 13.2 Å². The standard InChI is InChI=1S/C11H13F3O/c1-2-3-8-4-5-10(15)9(6-8)7-11(12,13)14/h4-6,15H,2-3,7H2,1H3.